The van der Waals surface area contributed by atoms with Crippen molar-refractivity contribution >= 4 is 23.0 Å². The highest BCUT2D eigenvalue weighted by atomic mass is 16.6. The smallest absolute Gasteiger partial charge is 0.340 e. The molecule has 5 nitrogen and oxygen atoms in total. The summed E-state index contributed by atoms with van der Waals surface area (Å²) < 4.78 is 12.6. The predicted octanol–water partition coefficient (Wildman–Crippen LogP) is 8.71. The maximum absolute atomic E-state index is 13.1. The molecule has 2 heterocycles. The van der Waals surface area contributed by atoms with Crippen molar-refractivity contribution in [2.24, 2.45) is 0 Å². The lowest BCUT2D eigenvalue weighted by Crippen LogP contribution is -2.33. The van der Waals surface area contributed by atoms with Crippen LogP contribution in [0.5, 0.6) is 11.5 Å². The minimum atomic E-state index is -1.07. The van der Waals surface area contributed by atoms with Crippen molar-refractivity contribution in [3.05, 3.63) is 113 Å². The van der Waals surface area contributed by atoms with E-state index in [1.165, 1.54) is 31.4 Å². The topological polar surface area (TPSA) is 50.8 Å². The van der Waals surface area contributed by atoms with Gasteiger partial charge in [0.05, 0.1) is 5.56 Å². The summed E-state index contributed by atoms with van der Waals surface area (Å²) in [7, 11) is 0. The monoisotopic (exact) mass is 532 g/mol. The lowest BCUT2D eigenvalue weighted by molar-refractivity contribution is 0.0224. The maximum Gasteiger partial charge on any atom is 0.340 e. The van der Waals surface area contributed by atoms with E-state index in [-0.39, 0.29) is 5.97 Å². The predicted molar refractivity (Wildman–Crippen MR) is 161 cm³/mol. The molecule has 1 N–H and O–H groups in total. The molecular weight excluding hydrogens is 496 g/mol. The molecule has 1 unspecified atom stereocenters. The van der Waals surface area contributed by atoms with E-state index in [1.807, 2.05) is 60.7 Å². The Morgan fingerprint density at radius 2 is 1.57 bits per heavy atom. The fourth-order valence-electron chi connectivity index (χ4n) is 6.00. The van der Waals surface area contributed by atoms with Crippen molar-refractivity contribution in [2.45, 2.75) is 52.1 Å². The van der Waals surface area contributed by atoms with E-state index in [4.69, 9.17) is 9.47 Å². The minimum Gasteiger partial charge on any atom is -0.456 e. The van der Waals surface area contributed by atoms with Gasteiger partial charge in [-0.2, -0.15) is 0 Å². The number of fused-ring (bicyclic) bond motifs is 6. The fourth-order valence-corrected chi connectivity index (χ4v) is 6.00. The molecule has 2 aliphatic heterocycles. The van der Waals surface area contributed by atoms with Gasteiger partial charge in [-0.1, -0.05) is 68.7 Å². The van der Waals surface area contributed by atoms with Crippen molar-refractivity contribution in [1.29, 1.82) is 0 Å². The van der Waals surface area contributed by atoms with Crippen LogP contribution in [0.4, 0.5) is 17.1 Å². The van der Waals surface area contributed by atoms with E-state index in [1.54, 1.807) is 0 Å². The van der Waals surface area contributed by atoms with Crippen molar-refractivity contribution in [2.75, 3.05) is 23.3 Å². The molecule has 4 aromatic rings. The number of rotatable bonds is 9. The Morgan fingerprint density at radius 3 is 2.40 bits per heavy atom. The molecule has 0 amide bonds. The molecule has 2 aliphatic rings. The van der Waals surface area contributed by atoms with Crippen LogP contribution in [0.3, 0.4) is 0 Å². The maximum atomic E-state index is 13.1. The Kier molecular flexibility index (Phi) is 6.97. The van der Waals surface area contributed by atoms with Gasteiger partial charge in [0.2, 0.25) is 0 Å². The van der Waals surface area contributed by atoms with Crippen LogP contribution < -0.4 is 15.0 Å². The second-order valence-electron chi connectivity index (χ2n) is 10.7. The number of anilines is 3. The van der Waals surface area contributed by atoms with E-state index in [0.29, 0.717) is 17.1 Å². The van der Waals surface area contributed by atoms with Gasteiger partial charge in [0.25, 0.3) is 0 Å². The lowest BCUT2D eigenvalue weighted by Gasteiger charge is -2.36. The van der Waals surface area contributed by atoms with E-state index in [0.717, 1.165) is 46.7 Å². The molecule has 0 radical (unpaired) electrons. The molecule has 204 valence electrons. The van der Waals surface area contributed by atoms with Crippen LogP contribution >= 0.6 is 0 Å². The average Bonchev–Trinajstić information content (AvgIpc) is 3.28. The van der Waals surface area contributed by atoms with Crippen LogP contribution in [0.2, 0.25) is 0 Å². The first-order valence-electron chi connectivity index (χ1n) is 14.4. The van der Waals surface area contributed by atoms with Gasteiger partial charge in [-0.15, -0.1) is 0 Å². The van der Waals surface area contributed by atoms with Gasteiger partial charge < -0.3 is 19.7 Å². The average molecular weight is 533 g/mol. The second kappa shape index (κ2) is 10.7. The van der Waals surface area contributed by atoms with Gasteiger partial charge >= 0.3 is 5.97 Å². The molecule has 4 aromatic carbocycles. The second-order valence-corrected chi connectivity index (χ2v) is 10.7. The number of hydrogen-bond donors (Lipinski definition) is 1. The molecule has 0 bridgehead atoms. The summed E-state index contributed by atoms with van der Waals surface area (Å²) in [6.45, 7) is 8.62. The van der Waals surface area contributed by atoms with Crippen LogP contribution in [0.25, 0.3) is 0 Å². The summed E-state index contributed by atoms with van der Waals surface area (Å²) in [5.74, 6) is 1.06. The van der Waals surface area contributed by atoms with Crippen LogP contribution in [0, 0.1) is 6.92 Å². The number of benzene rings is 4. The first kappa shape index (κ1) is 26.0. The Balaban J connectivity index is 1.38. The molecular formula is C35H36N2O3. The number of para-hydroxylation sites is 1. The zero-order valence-corrected chi connectivity index (χ0v) is 23.5. The number of nitrogens with one attached hydrogen (secondary N) is 1. The standard InChI is InChI=1S/C35H36N2O3/c1-4-6-7-12-21-37(5-2)26-19-17-24(3)31(23-26)36-25-18-20-33-30(22-25)35(29-15-10-11-16-32(29)39-33)28-14-9-8-13-27(28)34(38)40-35/h8-11,13-20,22-23,36H,4-7,12,21H2,1-3H3. The van der Waals surface area contributed by atoms with E-state index >= 15 is 0 Å². The third-order valence-corrected chi connectivity index (χ3v) is 8.15. The first-order chi connectivity index (χ1) is 19.5. The minimum absolute atomic E-state index is 0.321. The van der Waals surface area contributed by atoms with Crippen molar-refractivity contribution in [1.82, 2.24) is 0 Å². The van der Waals surface area contributed by atoms with Crippen LogP contribution in [0.1, 0.15) is 72.1 Å². The molecule has 5 heteroatoms. The Labute approximate surface area is 236 Å². The molecule has 40 heavy (non-hydrogen) atoms. The number of aryl methyl sites for hydroxylation is 1. The number of ether oxygens (including phenoxy) is 2. The molecule has 6 rings (SSSR count). The Morgan fingerprint density at radius 1 is 0.800 bits per heavy atom. The quantitative estimate of drug-likeness (QED) is 0.173. The van der Waals surface area contributed by atoms with Gasteiger partial charge in [-0.25, -0.2) is 4.79 Å². The summed E-state index contributed by atoms with van der Waals surface area (Å²) in [4.78, 5) is 15.6. The SMILES string of the molecule is CCCCCCN(CC)c1ccc(C)c(Nc2ccc3c(c2)C2(OC(=O)c4ccccc42)c2ccccc2O3)c1. The zero-order valence-electron chi connectivity index (χ0n) is 23.5. The summed E-state index contributed by atoms with van der Waals surface area (Å²) >= 11 is 0. The van der Waals surface area contributed by atoms with Crippen LogP contribution in [0.15, 0.2) is 84.9 Å². The molecule has 0 aliphatic carbocycles. The number of carbonyl (C=O) groups is 1. The van der Waals surface area contributed by atoms with Crippen molar-refractivity contribution in [3.63, 3.8) is 0 Å². The highest BCUT2D eigenvalue weighted by Crippen LogP contribution is 2.56. The zero-order chi connectivity index (χ0) is 27.7. The molecule has 1 atom stereocenters. The van der Waals surface area contributed by atoms with Crippen LogP contribution in [-0.4, -0.2) is 19.1 Å². The number of nitrogens with zero attached hydrogens (tertiary/aromatic N) is 1. The molecule has 0 saturated heterocycles. The van der Waals surface area contributed by atoms with E-state index in [2.05, 4.69) is 55.3 Å². The highest BCUT2D eigenvalue weighted by Gasteiger charge is 2.53. The van der Waals surface area contributed by atoms with Gasteiger partial charge in [-0.3, -0.25) is 0 Å². The summed E-state index contributed by atoms with van der Waals surface area (Å²) in [6.07, 6.45) is 4.99. The Bertz CT molecular complexity index is 1560. The number of carbonyl (C=O) groups excluding carboxylic acids is 1. The lowest BCUT2D eigenvalue weighted by atomic mass is 9.77. The van der Waals surface area contributed by atoms with Crippen LogP contribution in [-0.2, 0) is 10.3 Å². The van der Waals surface area contributed by atoms with Gasteiger partial charge in [0.15, 0.2) is 5.60 Å². The normalized spacial score (nSPS) is 16.5. The molecule has 0 fully saturated rings. The van der Waals surface area contributed by atoms with E-state index in [9.17, 15) is 4.79 Å². The number of hydrogen-bond acceptors (Lipinski definition) is 5. The first-order valence-corrected chi connectivity index (χ1v) is 14.4. The van der Waals surface area contributed by atoms with Crippen molar-refractivity contribution in [3.8, 4) is 11.5 Å². The number of esters is 1. The Hall–Kier alpha value is -4.25. The summed E-state index contributed by atoms with van der Waals surface area (Å²) in [6, 6.07) is 28.2. The third kappa shape index (κ3) is 4.40. The van der Waals surface area contributed by atoms with Gasteiger partial charge in [0.1, 0.15) is 11.5 Å². The highest BCUT2D eigenvalue weighted by molar-refractivity contribution is 5.97. The third-order valence-electron chi connectivity index (χ3n) is 8.15. The molecule has 0 saturated carbocycles. The van der Waals surface area contributed by atoms with Gasteiger partial charge in [0, 0.05) is 46.8 Å². The largest absolute Gasteiger partial charge is 0.456 e. The fraction of sp³-hybridized carbons (Fsp3) is 0.286. The summed E-state index contributed by atoms with van der Waals surface area (Å²) in [5, 5.41) is 3.66. The molecule has 1 spiro atoms. The van der Waals surface area contributed by atoms with Crippen molar-refractivity contribution < 1.29 is 14.3 Å². The summed E-state index contributed by atoms with van der Waals surface area (Å²) in [5.41, 5.74) is 6.36. The van der Waals surface area contributed by atoms with E-state index < -0.39 is 5.60 Å². The van der Waals surface area contributed by atoms with Gasteiger partial charge in [-0.05, 0) is 68.3 Å². The molecule has 0 aromatic heterocycles. The number of unbranched alkanes of at least 4 members (excludes halogenated alkanes) is 3.